The third-order valence-corrected chi connectivity index (χ3v) is 6.64. The summed E-state index contributed by atoms with van der Waals surface area (Å²) < 4.78 is 0. The number of carbonyl (C=O) groups excluding carboxylic acids is 3. The molecule has 0 aliphatic heterocycles. The van der Waals surface area contributed by atoms with Crippen LogP contribution in [-0.4, -0.2) is 38.7 Å². The minimum atomic E-state index is -0.900. The second-order valence-corrected chi connectivity index (χ2v) is 9.21. The lowest BCUT2D eigenvalue weighted by atomic mass is 10.0. The highest BCUT2D eigenvalue weighted by Gasteiger charge is 2.22. The second-order valence-electron chi connectivity index (χ2n) is 8.01. The van der Waals surface area contributed by atoms with Gasteiger partial charge in [0.2, 0.25) is 11.8 Å². The summed E-state index contributed by atoms with van der Waals surface area (Å²) in [5.74, 6) is -1.31. The summed E-state index contributed by atoms with van der Waals surface area (Å²) in [6, 6.07) is 6.73. The number of carbonyl (C=O) groups is 3. The number of H-pyrrole nitrogens is 2. The smallest absolute Gasteiger partial charge is 0.261 e. The van der Waals surface area contributed by atoms with Crippen LogP contribution in [-0.2, 0) is 27.2 Å². The van der Waals surface area contributed by atoms with E-state index in [-0.39, 0.29) is 30.1 Å². The molecule has 0 saturated carbocycles. The Labute approximate surface area is 198 Å². The molecule has 0 aliphatic carbocycles. The summed E-state index contributed by atoms with van der Waals surface area (Å²) in [6.45, 7) is 5.08. The average Bonchev–Trinajstić information content (AvgIpc) is 3.31. The Hall–Kier alpha value is -3.99. The summed E-state index contributed by atoms with van der Waals surface area (Å²) in [4.78, 5) is 60.9. The van der Waals surface area contributed by atoms with Gasteiger partial charge < -0.3 is 15.3 Å². The zero-order valence-electron chi connectivity index (χ0n) is 18.9. The average molecular weight is 481 g/mol. The van der Waals surface area contributed by atoms with E-state index in [1.54, 1.807) is 6.20 Å². The van der Waals surface area contributed by atoms with Gasteiger partial charge in [0.15, 0.2) is 0 Å². The molecule has 0 fully saturated rings. The molecule has 11 heteroatoms. The van der Waals surface area contributed by atoms with E-state index < -0.39 is 17.9 Å². The van der Waals surface area contributed by atoms with Gasteiger partial charge >= 0.3 is 0 Å². The number of aromatic amines is 2. The van der Waals surface area contributed by atoms with Crippen molar-refractivity contribution < 1.29 is 14.4 Å². The van der Waals surface area contributed by atoms with E-state index in [9.17, 15) is 19.2 Å². The lowest BCUT2D eigenvalue weighted by Gasteiger charge is -2.17. The predicted octanol–water partition coefficient (Wildman–Crippen LogP) is 1.52. The highest BCUT2D eigenvalue weighted by molar-refractivity contribution is 7.18. The highest BCUT2D eigenvalue weighted by Crippen LogP contribution is 2.25. The third-order valence-electron chi connectivity index (χ3n) is 5.53. The SMILES string of the molecule is CC(=O)NC(Cc1c[nH]c2ccccc12)C(=O)NNC(=O)Cc1nc2sc(C)c(C)c2c(=O)[nH]1. The molecule has 176 valence electrons. The first kappa shape index (κ1) is 23.2. The van der Waals surface area contributed by atoms with Gasteiger partial charge in [-0.2, -0.15) is 0 Å². The molecule has 1 unspecified atom stereocenters. The molecular formula is C23H24N6O4S. The molecule has 3 aromatic heterocycles. The quantitative estimate of drug-likeness (QED) is 0.265. The van der Waals surface area contributed by atoms with Crippen molar-refractivity contribution in [2.75, 3.05) is 0 Å². The van der Waals surface area contributed by atoms with E-state index >= 15 is 0 Å². The summed E-state index contributed by atoms with van der Waals surface area (Å²) in [5, 5.41) is 4.08. The van der Waals surface area contributed by atoms with E-state index in [0.717, 1.165) is 26.9 Å². The van der Waals surface area contributed by atoms with Crippen LogP contribution in [0.25, 0.3) is 21.1 Å². The van der Waals surface area contributed by atoms with Gasteiger partial charge in [0.1, 0.15) is 16.7 Å². The molecule has 3 heterocycles. The third kappa shape index (κ3) is 4.84. The standard InChI is InChI=1S/C23H24N6O4S/c1-11-12(2)34-23-20(11)22(33)26-18(27-23)9-19(31)28-29-21(32)17(25-13(3)30)8-14-10-24-16-7-5-4-6-15(14)16/h4-7,10,17,24H,8-9H2,1-3H3,(H,25,30)(H,28,31)(H,29,32)(H,26,27,33). The van der Waals surface area contributed by atoms with Crippen molar-refractivity contribution in [3.63, 3.8) is 0 Å². The molecule has 10 nitrogen and oxygen atoms in total. The lowest BCUT2D eigenvalue weighted by molar-refractivity contribution is -0.131. The Kier molecular flexibility index (Phi) is 6.46. The molecule has 4 rings (SSSR count). The van der Waals surface area contributed by atoms with Crippen LogP contribution < -0.4 is 21.7 Å². The van der Waals surface area contributed by atoms with Crippen molar-refractivity contribution in [1.82, 2.24) is 31.1 Å². The lowest BCUT2D eigenvalue weighted by Crippen LogP contribution is -2.53. The number of amides is 3. The van der Waals surface area contributed by atoms with E-state index in [0.29, 0.717) is 10.2 Å². The second kappa shape index (κ2) is 9.48. The van der Waals surface area contributed by atoms with E-state index in [1.165, 1.54) is 18.3 Å². The zero-order chi connectivity index (χ0) is 24.4. The number of rotatable bonds is 6. The maximum absolute atomic E-state index is 12.7. The van der Waals surface area contributed by atoms with Gasteiger partial charge in [-0.1, -0.05) is 18.2 Å². The fourth-order valence-electron chi connectivity index (χ4n) is 3.77. The molecule has 1 atom stereocenters. The number of nitrogens with one attached hydrogen (secondary N) is 5. The maximum Gasteiger partial charge on any atom is 0.261 e. The molecule has 34 heavy (non-hydrogen) atoms. The van der Waals surface area contributed by atoms with Crippen LogP contribution in [0.1, 0.15) is 28.8 Å². The molecule has 0 spiro atoms. The van der Waals surface area contributed by atoms with Gasteiger partial charge in [-0.25, -0.2) is 4.98 Å². The molecule has 0 bridgehead atoms. The monoisotopic (exact) mass is 480 g/mol. The van der Waals surface area contributed by atoms with Crippen LogP contribution in [0.3, 0.4) is 0 Å². The van der Waals surface area contributed by atoms with Gasteiger partial charge in [0.25, 0.3) is 11.5 Å². The van der Waals surface area contributed by atoms with Gasteiger partial charge in [-0.3, -0.25) is 30.0 Å². The number of nitrogens with zero attached hydrogens (tertiary/aromatic N) is 1. The Morgan fingerprint density at radius 1 is 1.15 bits per heavy atom. The number of hydrogen-bond acceptors (Lipinski definition) is 6. The Morgan fingerprint density at radius 3 is 2.68 bits per heavy atom. The molecule has 1 aromatic carbocycles. The predicted molar refractivity (Wildman–Crippen MR) is 129 cm³/mol. The number of para-hydroxylation sites is 1. The summed E-state index contributed by atoms with van der Waals surface area (Å²) in [5.41, 5.74) is 7.02. The number of thiophene rings is 1. The van der Waals surface area contributed by atoms with Crippen LogP contribution in [0, 0.1) is 13.8 Å². The molecule has 5 N–H and O–H groups in total. The first-order chi connectivity index (χ1) is 16.2. The minimum Gasteiger partial charge on any atom is -0.361 e. The fourth-order valence-corrected chi connectivity index (χ4v) is 4.82. The van der Waals surface area contributed by atoms with E-state index in [2.05, 4.69) is 31.1 Å². The van der Waals surface area contributed by atoms with Gasteiger partial charge in [-0.15, -0.1) is 11.3 Å². The summed E-state index contributed by atoms with van der Waals surface area (Å²) in [6.07, 6.45) is 1.79. The minimum absolute atomic E-state index is 0.197. The van der Waals surface area contributed by atoms with E-state index in [1.807, 2.05) is 38.1 Å². The van der Waals surface area contributed by atoms with Crippen LogP contribution in [0.5, 0.6) is 0 Å². The van der Waals surface area contributed by atoms with Crippen LogP contribution in [0.2, 0.25) is 0 Å². The van der Waals surface area contributed by atoms with Crippen LogP contribution in [0.15, 0.2) is 35.3 Å². The van der Waals surface area contributed by atoms with Crippen molar-refractivity contribution in [3.05, 3.63) is 62.6 Å². The Bertz CT molecular complexity index is 1470. The molecule has 0 saturated heterocycles. The van der Waals surface area contributed by atoms with Crippen LogP contribution >= 0.6 is 11.3 Å². The summed E-state index contributed by atoms with van der Waals surface area (Å²) >= 11 is 1.39. The first-order valence-electron chi connectivity index (χ1n) is 10.6. The molecule has 3 amide bonds. The number of hydrazine groups is 1. The summed E-state index contributed by atoms with van der Waals surface area (Å²) in [7, 11) is 0. The number of fused-ring (bicyclic) bond motifs is 2. The Morgan fingerprint density at radius 2 is 1.91 bits per heavy atom. The number of aryl methyl sites for hydroxylation is 2. The van der Waals surface area contributed by atoms with Crippen molar-refractivity contribution in [2.24, 2.45) is 0 Å². The maximum atomic E-state index is 12.7. The fraction of sp³-hybridized carbons (Fsp3) is 0.261. The Balaban J connectivity index is 1.42. The van der Waals surface area contributed by atoms with Gasteiger partial charge in [0, 0.05) is 35.3 Å². The molecular weight excluding hydrogens is 456 g/mol. The topological polar surface area (TPSA) is 149 Å². The van der Waals surface area contributed by atoms with Gasteiger partial charge in [-0.05, 0) is 31.0 Å². The van der Waals surface area contributed by atoms with Crippen molar-refractivity contribution in [2.45, 2.75) is 39.7 Å². The largest absolute Gasteiger partial charge is 0.361 e. The number of aromatic nitrogens is 3. The number of benzene rings is 1. The number of hydrogen-bond donors (Lipinski definition) is 5. The van der Waals surface area contributed by atoms with Crippen molar-refractivity contribution in [3.8, 4) is 0 Å². The first-order valence-corrected chi connectivity index (χ1v) is 11.4. The molecule has 0 radical (unpaired) electrons. The zero-order valence-corrected chi connectivity index (χ0v) is 19.7. The normalized spacial score (nSPS) is 12.0. The molecule has 4 aromatic rings. The van der Waals surface area contributed by atoms with Crippen molar-refractivity contribution >= 4 is 50.2 Å². The highest BCUT2D eigenvalue weighted by atomic mass is 32.1. The van der Waals surface area contributed by atoms with Crippen LogP contribution in [0.4, 0.5) is 0 Å². The van der Waals surface area contributed by atoms with Crippen molar-refractivity contribution in [1.29, 1.82) is 0 Å². The van der Waals surface area contributed by atoms with Gasteiger partial charge in [0.05, 0.1) is 11.8 Å². The van der Waals surface area contributed by atoms with E-state index in [4.69, 9.17) is 0 Å². The molecule has 0 aliphatic rings.